The number of pyridine rings is 1. The van der Waals surface area contributed by atoms with Crippen molar-refractivity contribution in [1.29, 1.82) is 0 Å². The molecule has 2 aliphatic heterocycles. The molecule has 0 atom stereocenters. The Morgan fingerprint density at radius 1 is 1.24 bits per heavy atom. The number of aromatic nitrogens is 1. The molecule has 0 bridgehead atoms. The van der Waals surface area contributed by atoms with Crippen LogP contribution in [0.1, 0.15) is 59.9 Å². The van der Waals surface area contributed by atoms with Gasteiger partial charge in [0, 0.05) is 68.3 Å². The highest BCUT2D eigenvalue weighted by molar-refractivity contribution is 9.12. The lowest BCUT2D eigenvalue weighted by Crippen LogP contribution is -2.41. The van der Waals surface area contributed by atoms with Crippen molar-refractivity contribution < 1.29 is 4.79 Å². The largest absolute Gasteiger partial charge is 0.384 e. The van der Waals surface area contributed by atoms with Crippen molar-refractivity contribution in [1.82, 2.24) is 15.2 Å². The molecule has 37 heavy (non-hydrogen) atoms. The van der Waals surface area contributed by atoms with Gasteiger partial charge in [0.15, 0.2) is 0 Å². The van der Waals surface area contributed by atoms with Gasteiger partial charge in [-0.1, -0.05) is 19.9 Å². The van der Waals surface area contributed by atoms with Crippen molar-refractivity contribution in [3.8, 4) is 0 Å². The van der Waals surface area contributed by atoms with Crippen LogP contribution in [-0.2, 0) is 11.3 Å². The molecule has 0 saturated carbocycles. The van der Waals surface area contributed by atoms with Crippen LogP contribution >= 0.6 is 15.9 Å². The summed E-state index contributed by atoms with van der Waals surface area (Å²) in [6.45, 7) is 14.7. The molecule has 2 aliphatic rings. The third-order valence-electron chi connectivity index (χ3n) is 6.30. The number of nitrogens with zero attached hydrogens (tertiary/aromatic N) is 5. The molecule has 0 aromatic carbocycles. The van der Waals surface area contributed by atoms with Gasteiger partial charge in [-0.25, -0.2) is 0 Å². The molecule has 0 unspecified atom stereocenters. The number of amides is 1. The SMILES string of the molecule is CC.CN=C/C(Br)=C(C)/N=C(\C=C(/C)NCc1cccnc1)C1CCN(C(=O)C2=C(C)CN=C2C)CC1. The molecule has 1 aromatic heterocycles. The number of carbonyl (C=O) groups excluding carboxylic acids is 1. The summed E-state index contributed by atoms with van der Waals surface area (Å²) in [5.41, 5.74) is 6.78. The molecule has 0 radical (unpaired) electrons. The van der Waals surface area contributed by atoms with Crippen molar-refractivity contribution >= 4 is 39.5 Å². The zero-order valence-electron chi connectivity index (χ0n) is 23.3. The summed E-state index contributed by atoms with van der Waals surface area (Å²) in [6, 6.07) is 3.99. The van der Waals surface area contributed by atoms with E-state index in [2.05, 4.69) is 55.3 Å². The maximum Gasteiger partial charge on any atom is 0.255 e. The van der Waals surface area contributed by atoms with Crippen molar-refractivity contribution in [3.05, 3.63) is 63.2 Å². The molecule has 1 amide bonds. The standard InChI is InChI=1S/C27H35BrN6O.C2H6/c1-18-14-32-21(4)26(18)27(35)34-11-8-23(9-12-34)25(33-20(3)24(28)17-29-5)13-19(2)31-16-22-7-6-10-30-15-22;1-2/h6-7,10,13,15,17,23,31H,8-9,11-12,14,16H2,1-5H3;1-2H3/b19-13+,24-20-,29-17?,33-25+;. The Bertz CT molecular complexity index is 1110. The van der Waals surface area contributed by atoms with Crippen LogP contribution < -0.4 is 5.32 Å². The fourth-order valence-corrected chi connectivity index (χ4v) is 4.58. The first-order chi connectivity index (χ1) is 17.8. The number of aliphatic imine (C=N–C) groups is 3. The van der Waals surface area contributed by atoms with E-state index in [1.165, 1.54) is 0 Å². The average molecular weight is 570 g/mol. The van der Waals surface area contributed by atoms with Crippen LogP contribution in [0.15, 0.2) is 72.6 Å². The van der Waals surface area contributed by atoms with Crippen molar-refractivity contribution in [2.75, 3.05) is 26.7 Å². The molecule has 0 spiro atoms. The summed E-state index contributed by atoms with van der Waals surface area (Å²) in [5.74, 6) is 0.373. The summed E-state index contributed by atoms with van der Waals surface area (Å²) < 4.78 is 0.859. The van der Waals surface area contributed by atoms with E-state index >= 15 is 0 Å². The zero-order chi connectivity index (χ0) is 27.4. The van der Waals surface area contributed by atoms with Gasteiger partial charge in [0.1, 0.15) is 0 Å². The number of hydrogen-bond donors (Lipinski definition) is 1. The third-order valence-corrected chi connectivity index (χ3v) is 7.08. The average Bonchev–Trinajstić information content (AvgIpc) is 3.26. The minimum atomic E-state index is 0.112. The minimum Gasteiger partial charge on any atom is -0.384 e. The second-order valence-corrected chi connectivity index (χ2v) is 9.88. The van der Waals surface area contributed by atoms with Crippen LogP contribution in [0.25, 0.3) is 0 Å². The van der Waals surface area contributed by atoms with Gasteiger partial charge in [0.05, 0.1) is 22.3 Å². The van der Waals surface area contributed by atoms with E-state index in [9.17, 15) is 4.79 Å². The maximum atomic E-state index is 13.1. The molecule has 8 heteroatoms. The van der Waals surface area contributed by atoms with E-state index < -0.39 is 0 Å². The molecule has 200 valence electrons. The summed E-state index contributed by atoms with van der Waals surface area (Å²) in [4.78, 5) is 32.8. The van der Waals surface area contributed by atoms with Gasteiger partial charge in [0.2, 0.25) is 0 Å². The van der Waals surface area contributed by atoms with Crippen LogP contribution in [0.2, 0.25) is 0 Å². The predicted octanol–water partition coefficient (Wildman–Crippen LogP) is 5.90. The Morgan fingerprint density at radius 3 is 2.51 bits per heavy atom. The van der Waals surface area contributed by atoms with E-state index in [1.807, 2.05) is 51.8 Å². The van der Waals surface area contributed by atoms with Gasteiger partial charge >= 0.3 is 0 Å². The Hall–Kier alpha value is -2.87. The predicted molar refractivity (Wildman–Crippen MR) is 160 cm³/mol. The number of hydrogen-bond acceptors (Lipinski definition) is 6. The van der Waals surface area contributed by atoms with E-state index in [4.69, 9.17) is 4.99 Å². The van der Waals surface area contributed by atoms with Gasteiger partial charge in [-0.05, 0) is 79.7 Å². The monoisotopic (exact) mass is 568 g/mol. The number of halogens is 1. The molecule has 3 heterocycles. The lowest BCUT2D eigenvalue weighted by atomic mass is 9.90. The molecular formula is C29H41BrN6O. The molecular weight excluding hydrogens is 528 g/mol. The second kappa shape index (κ2) is 15.4. The topological polar surface area (TPSA) is 82.3 Å². The van der Waals surface area contributed by atoms with Crippen LogP contribution in [0.5, 0.6) is 0 Å². The highest BCUT2D eigenvalue weighted by Crippen LogP contribution is 2.25. The van der Waals surface area contributed by atoms with Crippen molar-refractivity contribution in [3.63, 3.8) is 0 Å². The molecule has 1 aromatic rings. The number of likely N-dealkylation sites (tertiary alicyclic amines) is 1. The minimum absolute atomic E-state index is 0.112. The van der Waals surface area contributed by atoms with Gasteiger partial charge < -0.3 is 10.2 Å². The first-order valence-electron chi connectivity index (χ1n) is 13.0. The fraction of sp³-hybridized carbons (Fsp3) is 0.483. The first kappa shape index (κ1) is 30.4. The van der Waals surface area contributed by atoms with Crippen molar-refractivity contribution in [2.45, 2.75) is 60.9 Å². The number of piperidine rings is 1. The van der Waals surface area contributed by atoms with Crippen molar-refractivity contribution in [2.24, 2.45) is 20.9 Å². The number of rotatable bonds is 8. The normalized spacial score (nSPS) is 17.9. The lowest BCUT2D eigenvalue weighted by Gasteiger charge is -2.33. The quantitative estimate of drug-likeness (QED) is 0.396. The van der Waals surface area contributed by atoms with Gasteiger partial charge in [0.25, 0.3) is 5.91 Å². The zero-order valence-corrected chi connectivity index (χ0v) is 24.9. The lowest BCUT2D eigenvalue weighted by molar-refractivity contribution is -0.127. The van der Waals surface area contributed by atoms with Gasteiger partial charge in [-0.15, -0.1) is 0 Å². The first-order valence-corrected chi connectivity index (χ1v) is 13.8. The highest BCUT2D eigenvalue weighted by Gasteiger charge is 2.30. The Labute approximate surface area is 230 Å². The van der Waals surface area contributed by atoms with E-state index in [-0.39, 0.29) is 11.8 Å². The maximum absolute atomic E-state index is 13.1. The Balaban J connectivity index is 0.00000235. The number of nitrogens with one attached hydrogen (secondary N) is 1. The van der Waals surface area contributed by atoms with E-state index in [0.29, 0.717) is 26.2 Å². The number of carbonyl (C=O) groups is 1. The van der Waals surface area contributed by atoms with Crippen LogP contribution in [0.3, 0.4) is 0 Å². The van der Waals surface area contributed by atoms with Gasteiger partial charge in [-0.2, -0.15) is 0 Å². The summed E-state index contributed by atoms with van der Waals surface area (Å²) >= 11 is 3.57. The Kier molecular flexibility index (Phi) is 12.6. The van der Waals surface area contributed by atoms with Crippen LogP contribution in [-0.4, -0.2) is 60.1 Å². The summed E-state index contributed by atoms with van der Waals surface area (Å²) in [7, 11) is 1.74. The van der Waals surface area contributed by atoms with Gasteiger partial charge in [-0.3, -0.25) is 24.8 Å². The third kappa shape index (κ3) is 8.88. The molecule has 1 fully saturated rings. The van der Waals surface area contributed by atoms with E-state index in [1.54, 1.807) is 19.5 Å². The molecule has 3 rings (SSSR count). The summed E-state index contributed by atoms with van der Waals surface area (Å²) in [5, 5.41) is 3.47. The van der Waals surface area contributed by atoms with E-state index in [0.717, 1.165) is 56.9 Å². The summed E-state index contributed by atoms with van der Waals surface area (Å²) in [6.07, 6.45) is 9.27. The smallest absolute Gasteiger partial charge is 0.255 e. The molecule has 0 aliphatic carbocycles. The molecule has 1 N–H and O–H groups in total. The molecule has 1 saturated heterocycles. The number of allylic oxidation sites excluding steroid dienone is 4. The second-order valence-electron chi connectivity index (χ2n) is 9.02. The van der Waals surface area contributed by atoms with Crippen LogP contribution in [0.4, 0.5) is 0 Å². The fourth-order valence-electron chi connectivity index (χ4n) is 4.29. The van der Waals surface area contributed by atoms with Crippen LogP contribution in [0, 0.1) is 5.92 Å². The molecule has 7 nitrogen and oxygen atoms in total. The Morgan fingerprint density at radius 2 is 1.95 bits per heavy atom. The highest BCUT2D eigenvalue weighted by atomic mass is 79.9.